The molecule has 2 aromatic carbocycles. The summed E-state index contributed by atoms with van der Waals surface area (Å²) in [5.74, 6) is -1.38. The highest BCUT2D eigenvalue weighted by atomic mass is 35.5. The lowest BCUT2D eigenvalue weighted by Gasteiger charge is -2.21. The van der Waals surface area contributed by atoms with Gasteiger partial charge in [-0.2, -0.15) is 0 Å². The lowest BCUT2D eigenvalue weighted by Crippen LogP contribution is -2.40. The standard InChI is InChI=1S/C18H20ClFN2O4S/c1-18(2,3)22-27(24,25)15-10-11(8-9-14(15)26-4)17(23)21-13-7-5-6-12(19)16(13)20/h5-10,22H,1-4H3,(H,21,23). The van der Waals surface area contributed by atoms with E-state index in [1.807, 2.05) is 0 Å². The molecule has 0 heterocycles. The molecule has 0 bridgehead atoms. The average Bonchev–Trinajstić information content (AvgIpc) is 2.56. The van der Waals surface area contributed by atoms with E-state index in [4.69, 9.17) is 16.3 Å². The second-order valence-corrected chi connectivity index (χ2v) is 8.83. The van der Waals surface area contributed by atoms with Crippen LogP contribution >= 0.6 is 11.6 Å². The molecule has 0 aliphatic carbocycles. The first-order valence-electron chi connectivity index (χ1n) is 7.92. The molecule has 9 heteroatoms. The molecule has 0 unspecified atom stereocenters. The van der Waals surface area contributed by atoms with E-state index in [9.17, 15) is 17.6 Å². The molecule has 0 saturated heterocycles. The van der Waals surface area contributed by atoms with Crippen molar-refractivity contribution >= 4 is 33.2 Å². The summed E-state index contributed by atoms with van der Waals surface area (Å²) in [5.41, 5.74) is -0.823. The summed E-state index contributed by atoms with van der Waals surface area (Å²) in [6.45, 7) is 5.07. The lowest BCUT2D eigenvalue weighted by molar-refractivity contribution is 0.102. The summed E-state index contributed by atoms with van der Waals surface area (Å²) in [6, 6.07) is 8.10. The van der Waals surface area contributed by atoms with E-state index >= 15 is 0 Å². The van der Waals surface area contributed by atoms with Gasteiger partial charge in [0.25, 0.3) is 5.91 Å². The molecule has 0 aromatic heterocycles. The lowest BCUT2D eigenvalue weighted by atomic mass is 10.1. The Labute approximate surface area is 162 Å². The third kappa shape index (κ3) is 5.18. The summed E-state index contributed by atoms with van der Waals surface area (Å²) in [7, 11) is -2.63. The molecule has 146 valence electrons. The van der Waals surface area contributed by atoms with E-state index in [-0.39, 0.29) is 26.9 Å². The van der Waals surface area contributed by atoms with Gasteiger partial charge in [0.2, 0.25) is 10.0 Å². The molecule has 0 saturated carbocycles. The molecule has 0 fully saturated rings. The van der Waals surface area contributed by atoms with Crippen LogP contribution in [0.25, 0.3) is 0 Å². The monoisotopic (exact) mass is 414 g/mol. The van der Waals surface area contributed by atoms with E-state index < -0.39 is 27.3 Å². The number of carbonyl (C=O) groups excluding carboxylic acids is 1. The second-order valence-electron chi connectivity index (χ2n) is 6.78. The molecule has 2 aromatic rings. The van der Waals surface area contributed by atoms with Gasteiger partial charge in [-0.25, -0.2) is 17.5 Å². The van der Waals surface area contributed by atoms with Gasteiger partial charge in [0.15, 0.2) is 5.82 Å². The van der Waals surface area contributed by atoms with Gasteiger partial charge in [0, 0.05) is 11.1 Å². The predicted molar refractivity (Wildman–Crippen MR) is 102 cm³/mol. The van der Waals surface area contributed by atoms with Crippen LogP contribution in [0.5, 0.6) is 5.75 Å². The van der Waals surface area contributed by atoms with Crippen LogP contribution in [0.15, 0.2) is 41.3 Å². The minimum absolute atomic E-state index is 0.0180. The molecule has 2 rings (SSSR count). The van der Waals surface area contributed by atoms with Crippen LogP contribution in [0.3, 0.4) is 0 Å². The average molecular weight is 415 g/mol. The van der Waals surface area contributed by atoms with Gasteiger partial charge in [-0.1, -0.05) is 17.7 Å². The summed E-state index contributed by atoms with van der Waals surface area (Å²) >= 11 is 5.70. The molecule has 0 aliphatic heterocycles. The predicted octanol–water partition coefficient (Wildman–Crippen LogP) is 3.82. The van der Waals surface area contributed by atoms with Crippen molar-refractivity contribution in [3.63, 3.8) is 0 Å². The fourth-order valence-electron chi connectivity index (χ4n) is 2.28. The van der Waals surface area contributed by atoms with E-state index in [2.05, 4.69) is 10.0 Å². The first-order chi connectivity index (χ1) is 12.4. The molecular formula is C18H20ClFN2O4S. The molecular weight excluding hydrogens is 395 g/mol. The van der Waals surface area contributed by atoms with Gasteiger partial charge in [-0.05, 0) is 51.1 Å². The third-order valence-electron chi connectivity index (χ3n) is 3.36. The maximum Gasteiger partial charge on any atom is 0.255 e. The Morgan fingerprint density at radius 1 is 1.19 bits per heavy atom. The van der Waals surface area contributed by atoms with Crippen molar-refractivity contribution in [2.45, 2.75) is 31.2 Å². The number of amides is 1. The Kier molecular flexibility index (Phi) is 6.14. The maximum atomic E-state index is 14.0. The van der Waals surface area contributed by atoms with Gasteiger partial charge in [-0.15, -0.1) is 0 Å². The van der Waals surface area contributed by atoms with E-state index in [0.717, 1.165) is 0 Å². The minimum Gasteiger partial charge on any atom is -0.495 e. The normalized spacial score (nSPS) is 11.9. The topological polar surface area (TPSA) is 84.5 Å². The van der Waals surface area contributed by atoms with Crippen molar-refractivity contribution in [2.75, 3.05) is 12.4 Å². The second kappa shape index (κ2) is 7.84. The molecule has 0 spiro atoms. The van der Waals surface area contributed by atoms with Gasteiger partial charge in [0.05, 0.1) is 17.8 Å². The number of ether oxygens (including phenoxy) is 1. The summed E-state index contributed by atoms with van der Waals surface area (Å²) in [5, 5.41) is 2.24. The highest BCUT2D eigenvalue weighted by Gasteiger charge is 2.26. The number of hydrogen-bond acceptors (Lipinski definition) is 4. The number of benzene rings is 2. The number of rotatable bonds is 5. The van der Waals surface area contributed by atoms with Crippen LogP contribution < -0.4 is 14.8 Å². The zero-order chi connectivity index (χ0) is 20.4. The number of hydrogen-bond donors (Lipinski definition) is 2. The number of methoxy groups -OCH3 is 1. The zero-order valence-electron chi connectivity index (χ0n) is 15.3. The number of anilines is 1. The fraction of sp³-hybridized carbons (Fsp3) is 0.278. The summed E-state index contributed by atoms with van der Waals surface area (Å²) in [4.78, 5) is 12.3. The maximum absolute atomic E-state index is 14.0. The van der Waals surface area contributed by atoms with Crippen molar-refractivity contribution in [3.05, 3.63) is 52.8 Å². The molecule has 0 atom stereocenters. The molecule has 0 radical (unpaired) electrons. The third-order valence-corrected chi connectivity index (χ3v) is 5.43. The van der Waals surface area contributed by atoms with Crippen LogP contribution in [0.1, 0.15) is 31.1 Å². The smallest absolute Gasteiger partial charge is 0.255 e. The Morgan fingerprint density at radius 3 is 2.44 bits per heavy atom. The molecule has 27 heavy (non-hydrogen) atoms. The first kappa shape index (κ1) is 21.1. The van der Waals surface area contributed by atoms with Crippen LogP contribution in [-0.2, 0) is 10.0 Å². The molecule has 1 amide bonds. The largest absolute Gasteiger partial charge is 0.495 e. The van der Waals surface area contributed by atoms with Crippen molar-refractivity contribution in [3.8, 4) is 5.75 Å². The van der Waals surface area contributed by atoms with Crippen molar-refractivity contribution < 1.29 is 22.3 Å². The Balaban J connectivity index is 2.42. The first-order valence-corrected chi connectivity index (χ1v) is 9.78. The number of nitrogens with one attached hydrogen (secondary N) is 2. The quantitative estimate of drug-likeness (QED) is 0.779. The van der Waals surface area contributed by atoms with Gasteiger partial charge < -0.3 is 10.1 Å². The van der Waals surface area contributed by atoms with Gasteiger partial charge in [-0.3, -0.25) is 4.79 Å². The van der Waals surface area contributed by atoms with Crippen LogP contribution in [0, 0.1) is 5.82 Å². The number of carbonyl (C=O) groups is 1. The van der Waals surface area contributed by atoms with Gasteiger partial charge >= 0.3 is 0 Å². The van der Waals surface area contributed by atoms with Gasteiger partial charge in [0.1, 0.15) is 10.6 Å². The minimum atomic E-state index is -3.95. The number of halogens is 2. The van der Waals surface area contributed by atoms with Crippen LogP contribution in [0.2, 0.25) is 5.02 Å². The van der Waals surface area contributed by atoms with Crippen LogP contribution in [-0.4, -0.2) is 27.0 Å². The Bertz CT molecular complexity index is 972. The highest BCUT2D eigenvalue weighted by molar-refractivity contribution is 7.89. The van der Waals surface area contributed by atoms with E-state index in [1.54, 1.807) is 20.8 Å². The summed E-state index contributed by atoms with van der Waals surface area (Å²) in [6.07, 6.45) is 0. The van der Waals surface area contributed by atoms with Crippen LogP contribution in [0.4, 0.5) is 10.1 Å². The number of sulfonamides is 1. The summed E-state index contributed by atoms with van der Waals surface area (Å²) < 4.78 is 46.9. The highest BCUT2D eigenvalue weighted by Crippen LogP contribution is 2.27. The van der Waals surface area contributed by atoms with E-state index in [0.29, 0.717) is 0 Å². The van der Waals surface area contributed by atoms with Crippen molar-refractivity contribution in [1.29, 1.82) is 0 Å². The zero-order valence-corrected chi connectivity index (χ0v) is 16.8. The van der Waals surface area contributed by atoms with E-state index in [1.165, 1.54) is 43.5 Å². The fourth-order valence-corrected chi connectivity index (χ4v) is 4.07. The molecule has 0 aliphatic rings. The van der Waals surface area contributed by atoms with Crippen molar-refractivity contribution in [2.24, 2.45) is 0 Å². The molecule has 6 nitrogen and oxygen atoms in total. The Hall–Kier alpha value is -2.16. The SMILES string of the molecule is COc1ccc(C(=O)Nc2cccc(Cl)c2F)cc1S(=O)(=O)NC(C)(C)C. The molecule has 2 N–H and O–H groups in total. The Morgan fingerprint density at radius 2 is 1.85 bits per heavy atom. The van der Waals surface area contributed by atoms with Crippen molar-refractivity contribution in [1.82, 2.24) is 4.72 Å².